The van der Waals surface area contributed by atoms with Crippen LogP contribution in [0.2, 0.25) is 0 Å². The van der Waals surface area contributed by atoms with Gasteiger partial charge in [0.15, 0.2) is 18.1 Å². The second kappa shape index (κ2) is 8.04. The van der Waals surface area contributed by atoms with Crippen molar-refractivity contribution in [3.63, 3.8) is 0 Å². The summed E-state index contributed by atoms with van der Waals surface area (Å²) >= 11 is 0. The maximum atomic E-state index is 12.4. The third-order valence-corrected chi connectivity index (χ3v) is 2.89. The first-order chi connectivity index (χ1) is 10.4. The van der Waals surface area contributed by atoms with E-state index in [2.05, 4.69) is 6.58 Å². The molecule has 7 heteroatoms. The minimum absolute atomic E-state index is 0.0118. The van der Waals surface area contributed by atoms with Crippen LogP contribution >= 0.6 is 0 Å². The van der Waals surface area contributed by atoms with E-state index in [1.807, 2.05) is 0 Å². The third-order valence-electron chi connectivity index (χ3n) is 2.89. The van der Waals surface area contributed by atoms with Crippen LogP contribution in [-0.2, 0) is 9.53 Å². The predicted octanol–water partition coefficient (Wildman–Crippen LogP) is 2.72. The van der Waals surface area contributed by atoms with Gasteiger partial charge in [-0.3, -0.25) is 0 Å². The quantitative estimate of drug-likeness (QED) is 0.273. The van der Waals surface area contributed by atoms with Gasteiger partial charge in [0, 0.05) is 12.5 Å². The number of esters is 1. The number of benzene rings is 1. The Bertz CT molecular complexity index is 596. The minimum Gasteiger partial charge on any atom is -0.761 e. The highest BCUT2D eigenvalue weighted by Gasteiger charge is 2.20. The Morgan fingerprint density at radius 2 is 2.09 bits per heavy atom. The maximum absolute atomic E-state index is 12.4. The van der Waals surface area contributed by atoms with E-state index in [1.54, 1.807) is 26.3 Å². The average molecular weight is 307 g/mol. The Balaban J connectivity index is 3.21. The van der Waals surface area contributed by atoms with Crippen molar-refractivity contribution in [2.75, 3.05) is 18.7 Å². The van der Waals surface area contributed by atoms with E-state index in [-0.39, 0.29) is 30.3 Å². The Morgan fingerprint density at radius 1 is 1.41 bits per heavy atom. The van der Waals surface area contributed by atoms with Gasteiger partial charge in [0.2, 0.25) is 0 Å². The summed E-state index contributed by atoms with van der Waals surface area (Å²) in [5.74, 6) is -0.462. The van der Waals surface area contributed by atoms with Crippen molar-refractivity contribution in [2.24, 2.45) is 0 Å². The number of rotatable bonds is 7. The van der Waals surface area contributed by atoms with E-state index in [0.717, 1.165) is 0 Å². The summed E-state index contributed by atoms with van der Waals surface area (Å²) in [7, 11) is 0. The van der Waals surface area contributed by atoms with Gasteiger partial charge in [0.25, 0.3) is 5.69 Å². The van der Waals surface area contributed by atoms with E-state index in [9.17, 15) is 15.2 Å². The molecule has 1 rings (SSSR count). The molecule has 22 heavy (non-hydrogen) atoms. The molecular weight excluding hydrogens is 288 g/mol. The van der Waals surface area contributed by atoms with Gasteiger partial charge in [-0.05, 0) is 26.0 Å². The third kappa shape index (κ3) is 4.23. The van der Waals surface area contributed by atoms with Crippen LogP contribution < -0.4 is 10.2 Å². The lowest BCUT2D eigenvalue weighted by Crippen LogP contribution is -2.16. The Morgan fingerprint density at radius 3 is 2.64 bits per heavy atom. The zero-order chi connectivity index (χ0) is 16.7. The van der Waals surface area contributed by atoms with Crippen LogP contribution in [0.25, 0.3) is 0 Å². The van der Waals surface area contributed by atoms with Gasteiger partial charge in [-0.1, -0.05) is 12.6 Å². The molecule has 0 unspecified atom stereocenters. The number of hydrogen-bond donors (Lipinski definition) is 1. The van der Waals surface area contributed by atoms with Gasteiger partial charge >= 0.3 is 5.97 Å². The van der Waals surface area contributed by atoms with E-state index in [1.165, 1.54) is 18.2 Å². The molecule has 0 bridgehead atoms. The van der Waals surface area contributed by atoms with Gasteiger partial charge in [-0.15, -0.1) is 0 Å². The molecule has 0 spiro atoms. The molecule has 0 heterocycles. The zero-order valence-electron chi connectivity index (χ0n) is 12.8. The molecule has 0 aliphatic carbocycles. The molecule has 0 radical (unpaired) electrons. The molecule has 1 aromatic rings. The number of allylic oxidation sites excluding steroid dienone is 1. The highest BCUT2D eigenvalue weighted by Crippen LogP contribution is 2.35. The highest BCUT2D eigenvalue weighted by molar-refractivity contribution is 5.94. The summed E-state index contributed by atoms with van der Waals surface area (Å²) in [6.07, 6.45) is 0. The standard InChI is InChI=1S/C15H19N2O5/c1-5-21-14(18)9-22-13-8-6-7-12(16-19)15(13)17(20)11(4)10(2)3/h6-8,16H,2,5,9H2,1,3-4H3/q-1/b17-11+. The van der Waals surface area contributed by atoms with Crippen LogP contribution in [0.5, 0.6) is 5.75 Å². The van der Waals surface area contributed by atoms with Gasteiger partial charge in [0.05, 0.1) is 6.61 Å². The molecule has 0 saturated carbocycles. The molecule has 7 nitrogen and oxygen atoms in total. The highest BCUT2D eigenvalue weighted by atomic mass is 16.6. The molecule has 0 fully saturated rings. The first kappa shape index (κ1) is 17.5. The summed E-state index contributed by atoms with van der Waals surface area (Å²) in [4.78, 5) is 11.4. The number of nitrogens with one attached hydrogen (secondary N) is 1. The summed E-state index contributed by atoms with van der Waals surface area (Å²) in [5, 5.41) is 23.4. The predicted molar refractivity (Wildman–Crippen MR) is 84.3 cm³/mol. The molecule has 1 N–H and O–H groups in total. The van der Waals surface area contributed by atoms with Gasteiger partial charge in [-0.2, -0.15) is 4.74 Å². The summed E-state index contributed by atoms with van der Waals surface area (Å²) < 4.78 is 10.6. The Kier molecular flexibility index (Phi) is 6.40. The number of nitrogens with zero attached hydrogens (tertiary/aromatic N) is 1. The number of hydrogen-bond acceptors (Lipinski definition) is 6. The van der Waals surface area contributed by atoms with Crippen LogP contribution in [0.3, 0.4) is 0 Å². The van der Waals surface area contributed by atoms with Crippen LogP contribution in [0, 0.1) is 10.4 Å². The number of para-hydroxylation sites is 1. The second-order valence-corrected chi connectivity index (χ2v) is 4.51. The van der Waals surface area contributed by atoms with Crippen molar-refractivity contribution >= 4 is 23.1 Å². The number of carbonyl (C=O) groups is 1. The van der Waals surface area contributed by atoms with Crippen molar-refractivity contribution in [2.45, 2.75) is 20.8 Å². The topological polar surface area (TPSA) is 96.7 Å². The smallest absolute Gasteiger partial charge is 0.344 e. The molecule has 0 aromatic heterocycles. The lowest BCUT2D eigenvalue weighted by molar-refractivity contribution is -0.360. The number of carbonyl (C=O) groups excluding carboxylic acids is 1. The normalized spacial score (nSPS) is 11.5. The molecule has 0 aliphatic rings. The molecule has 0 aliphatic heterocycles. The molecule has 0 amide bonds. The van der Waals surface area contributed by atoms with Gasteiger partial charge < -0.3 is 25.4 Å². The second-order valence-electron chi connectivity index (χ2n) is 4.51. The van der Waals surface area contributed by atoms with E-state index in [4.69, 9.17) is 9.47 Å². The summed E-state index contributed by atoms with van der Waals surface area (Å²) in [5.41, 5.74) is 2.59. The fourth-order valence-corrected chi connectivity index (χ4v) is 1.61. The largest absolute Gasteiger partial charge is 0.761 e. The van der Waals surface area contributed by atoms with Crippen LogP contribution in [-0.4, -0.2) is 29.6 Å². The monoisotopic (exact) mass is 307 g/mol. The first-order valence-electron chi connectivity index (χ1n) is 6.68. The number of anilines is 1. The molecule has 0 saturated heterocycles. The molecular formula is C15H19N2O5-. The zero-order valence-corrected chi connectivity index (χ0v) is 12.8. The van der Waals surface area contributed by atoms with Crippen molar-refractivity contribution in [3.8, 4) is 5.75 Å². The van der Waals surface area contributed by atoms with Crippen molar-refractivity contribution < 1.29 is 19.0 Å². The van der Waals surface area contributed by atoms with E-state index in [0.29, 0.717) is 16.0 Å². The van der Waals surface area contributed by atoms with Gasteiger partial charge in [-0.25, -0.2) is 4.79 Å². The Labute approximate surface area is 129 Å². The van der Waals surface area contributed by atoms with E-state index < -0.39 is 5.97 Å². The summed E-state index contributed by atoms with van der Waals surface area (Å²) in [6.45, 7) is 8.49. The maximum Gasteiger partial charge on any atom is 0.344 e. The van der Waals surface area contributed by atoms with Gasteiger partial charge in [0.1, 0.15) is 5.69 Å². The van der Waals surface area contributed by atoms with Crippen LogP contribution in [0.15, 0.2) is 30.4 Å². The average Bonchev–Trinajstić information content (AvgIpc) is 2.51. The molecule has 120 valence electrons. The minimum atomic E-state index is -0.563. The van der Waals surface area contributed by atoms with E-state index >= 15 is 0 Å². The molecule has 0 atom stereocenters. The summed E-state index contributed by atoms with van der Waals surface area (Å²) in [6, 6.07) is 4.47. The fraction of sp³-hybridized carbons (Fsp3) is 0.333. The van der Waals surface area contributed by atoms with Crippen LogP contribution in [0.4, 0.5) is 11.4 Å². The molecule has 1 aromatic carbocycles. The lowest BCUT2D eigenvalue weighted by Gasteiger charge is -2.18. The SMILES string of the molecule is C=C(C)/C(C)=[N+](/[O-])c1c(N[O-])cccc1OCC(=O)OCC. The van der Waals surface area contributed by atoms with Crippen LogP contribution in [0.1, 0.15) is 20.8 Å². The lowest BCUT2D eigenvalue weighted by atomic mass is 10.2. The number of ether oxygens (including phenoxy) is 2. The first-order valence-corrected chi connectivity index (χ1v) is 6.68. The Hall–Kier alpha value is -2.54. The van der Waals surface area contributed by atoms with Crippen molar-refractivity contribution in [1.82, 2.24) is 0 Å². The van der Waals surface area contributed by atoms with Crippen molar-refractivity contribution in [1.29, 1.82) is 0 Å². The fourth-order valence-electron chi connectivity index (χ4n) is 1.61. The van der Waals surface area contributed by atoms with Crippen molar-refractivity contribution in [3.05, 3.63) is 40.8 Å².